The van der Waals surface area contributed by atoms with Crippen LogP contribution in [-0.4, -0.2) is 66.3 Å². The van der Waals surface area contributed by atoms with Crippen LogP contribution in [0.15, 0.2) is 48.5 Å². The standard InChI is InChI=1S/C20H14N4.4CHO2.2O.Ti/c1-2-14-10-16-5-6-18(23-16)12-20-8-7-19(24-20)11-17-4-3-15(22-17)9-13(1)21-14;4*2-1-3;;;/h1-12,21-22H;4*(H,2,3);;;/q;4*-1;;;. The third kappa shape index (κ3) is 14.2. The third-order valence-corrected chi connectivity index (χ3v) is 4.04. The summed E-state index contributed by atoms with van der Waals surface area (Å²) in [5.41, 5.74) is 7.86. The molecule has 0 radical (unpaired) electrons. The summed E-state index contributed by atoms with van der Waals surface area (Å²) >= 11 is -2.00. The zero-order chi connectivity index (χ0) is 29.5. The average Bonchev–Trinajstić information content (AvgIpc) is 3.68. The van der Waals surface area contributed by atoms with Crippen molar-refractivity contribution < 1.29 is 65.3 Å². The molecule has 0 saturated heterocycles. The van der Waals surface area contributed by atoms with Gasteiger partial charge < -0.3 is 49.6 Å². The fourth-order valence-corrected chi connectivity index (χ4v) is 2.94. The molecular formula is C24H18N4O10Ti-4. The Labute approximate surface area is 228 Å². The van der Waals surface area contributed by atoms with Crippen molar-refractivity contribution in [2.75, 3.05) is 0 Å². The molecule has 0 atom stereocenters. The van der Waals surface area contributed by atoms with Crippen LogP contribution in [0.5, 0.6) is 0 Å². The van der Waals surface area contributed by atoms with Gasteiger partial charge in [0.1, 0.15) is 0 Å². The summed E-state index contributed by atoms with van der Waals surface area (Å²) in [4.78, 5) is 49.0. The molecule has 15 heteroatoms. The van der Waals surface area contributed by atoms with Gasteiger partial charge in [0.05, 0.1) is 22.8 Å². The number of nitrogens with one attached hydrogen (secondary N) is 2. The molecule has 5 heterocycles. The van der Waals surface area contributed by atoms with Crippen LogP contribution in [-0.2, 0) is 44.9 Å². The van der Waals surface area contributed by atoms with Gasteiger partial charge in [-0.1, -0.05) is 25.9 Å². The van der Waals surface area contributed by atoms with Crippen LogP contribution < -0.4 is 0 Å². The van der Waals surface area contributed by atoms with E-state index in [0.717, 1.165) is 44.8 Å². The van der Waals surface area contributed by atoms with E-state index in [9.17, 15) is 0 Å². The van der Waals surface area contributed by atoms with E-state index in [4.69, 9.17) is 46.3 Å². The molecule has 6 N–H and O–H groups in total. The minimum atomic E-state index is -2.00. The zero-order valence-corrected chi connectivity index (χ0v) is 21.1. The van der Waals surface area contributed by atoms with Crippen LogP contribution in [0.3, 0.4) is 0 Å². The monoisotopic (exact) mass is 570 g/mol. The number of rotatable bonds is 0. The molecule has 8 bridgehead atoms. The topological polar surface area (TPSA) is 241 Å². The van der Waals surface area contributed by atoms with Gasteiger partial charge in [-0.05, 0) is 72.8 Å². The van der Waals surface area contributed by atoms with Crippen molar-refractivity contribution in [2.24, 2.45) is 0 Å². The van der Waals surface area contributed by atoms with Crippen molar-refractivity contribution in [1.82, 2.24) is 19.9 Å². The summed E-state index contributed by atoms with van der Waals surface area (Å²) < 4.78 is 17.0. The fourth-order valence-electron chi connectivity index (χ4n) is 2.94. The molecule has 202 valence electrons. The Morgan fingerprint density at radius 2 is 0.744 bits per heavy atom. The van der Waals surface area contributed by atoms with Crippen molar-refractivity contribution in [2.45, 2.75) is 0 Å². The molecule has 0 fully saturated rings. The Hall–Kier alpha value is -5.21. The molecule has 0 spiro atoms. The predicted octanol–water partition coefficient (Wildman–Crippen LogP) is 2.86. The molecular weight excluding hydrogens is 552 g/mol. The molecule has 3 aromatic heterocycles. The Morgan fingerprint density at radius 1 is 0.513 bits per heavy atom. The van der Waals surface area contributed by atoms with Crippen LogP contribution in [0.4, 0.5) is 0 Å². The van der Waals surface area contributed by atoms with Gasteiger partial charge in [-0.2, -0.15) is 0 Å². The van der Waals surface area contributed by atoms with Crippen LogP contribution >= 0.6 is 0 Å². The molecule has 14 nitrogen and oxygen atoms in total. The number of aromatic amines is 2. The van der Waals surface area contributed by atoms with Gasteiger partial charge in [0.15, 0.2) is 0 Å². The number of nitrogens with zero attached hydrogens (tertiary/aromatic N) is 2. The Kier molecular flexibility index (Phi) is 18.1. The van der Waals surface area contributed by atoms with Gasteiger partial charge in [-0.3, -0.25) is 0 Å². The summed E-state index contributed by atoms with van der Waals surface area (Å²) in [6.45, 7) is 2.00. The number of hydrogen-bond donors (Lipinski definition) is 6. The van der Waals surface area contributed by atoms with E-state index >= 15 is 0 Å². The minimum absolute atomic E-state index is 0.500. The Balaban J connectivity index is 0.000000815. The first-order chi connectivity index (χ1) is 18.9. The normalized spacial score (nSPS) is 9.23. The quantitative estimate of drug-likeness (QED) is 0.116. The van der Waals surface area contributed by atoms with Crippen LogP contribution in [0.2, 0.25) is 0 Å². The molecule has 0 saturated carbocycles. The summed E-state index contributed by atoms with van der Waals surface area (Å²) in [7, 11) is 0. The zero-order valence-electron chi connectivity index (χ0n) is 19.6. The molecule has 3 aromatic rings. The summed E-state index contributed by atoms with van der Waals surface area (Å²) in [5, 5.41) is 27.1. The van der Waals surface area contributed by atoms with E-state index in [1.807, 2.05) is 42.5 Å². The molecule has 0 aromatic carbocycles. The van der Waals surface area contributed by atoms with E-state index in [-0.39, 0.29) is 0 Å². The summed E-state index contributed by atoms with van der Waals surface area (Å²) in [6.07, 6.45) is 8.05. The van der Waals surface area contributed by atoms with Crippen LogP contribution in [0.1, 0.15) is 22.8 Å². The molecule has 5 rings (SSSR count). The van der Waals surface area contributed by atoms with Gasteiger partial charge in [0.25, 0.3) is 0 Å². The van der Waals surface area contributed by atoms with Crippen molar-refractivity contribution >= 4 is 72.3 Å². The average molecular weight is 570 g/mol. The molecule has 2 aliphatic rings. The van der Waals surface area contributed by atoms with Gasteiger partial charge in [0, 0.05) is 22.1 Å². The van der Waals surface area contributed by atoms with Crippen molar-refractivity contribution in [3.8, 4) is 0 Å². The van der Waals surface area contributed by atoms with E-state index in [1.165, 1.54) is 0 Å². The number of aliphatic hydroxyl groups excluding tert-OH is 4. The van der Waals surface area contributed by atoms with E-state index in [2.05, 4.69) is 50.3 Å². The first-order valence-electron chi connectivity index (χ1n) is 9.97. The van der Waals surface area contributed by atoms with Crippen molar-refractivity contribution in [3.05, 3.63) is 71.3 Å². The first-order valence-corrected chi connectivity index (χ1v) is 11.2. The summed E-state index contributed by atoms with van der Waals surface area (Å²) in [5.74, 6) is 0. The predicted molar refractivity (Wildman–Crippen MR) is 134 cm³/mol. The van der Waals surface area contributed by atoms with E-state index in [1.54, 1.807) is 0 Å². The maximum absolute atomic E-state index is 8.50. The maximum atomic E-state index is 8.50. The fraction of sp³-hybridized carbons (Fsp3) is 0. The van der Waals surface area contributed by atoms with Crippen LogP contribution in [0.25, 0.3) is 46.4 Å². The van der Waals surface area contributed by atoms with Gasteiger partial charge >= 0.3 is 25.7 Å². The summed E-state index contributed by atoms with van der Waals surface area (Å²) in [6, 6.07) is 16.4. The first kappa shape index (κ1) is 33.8. The van der Waals surface area contributed by atoms with Crippen molar-refractivity contribution in [1.29, 1.82) is 0 Å². The van der Waals surface area contributed by atoms with E-state index in [0.29, 0.717) is 25.9 Å². The van der Waals surface area contributed by atoms with Crippen molar-refractivity contribution in [3.63, 3.8) is 0 Å². The second kappa shape index (κ2) is 20.9. The van der Waals surface area contributed by atoms with Gasteiger partial charge in [-0.25, -0.2) is 9.97 Å². The number of H-pyrrole nitrogens is 2. The molecule has 0 aliphatic carbocycles. The second-order valence-electron chi connectivity index (χ2n) is 6.35. The Morgan fingerprint density at radius 3 is 1.03 bits per heavy atom. The number of fused-ring (bicyclic) bond motifs is 8. The molecule has 2 aliphatic heterocycles. The SMILES string of the molecule is C1=Cc2cc3ccc(cc4ccc(cc5nc(cc1n2)C=C5)[nH]4)[nH]3.O=[C-]O.O=[C-]O.O=[C-]O.O=[C-]O.[O]=[Ti]=[O]. The van der Waals surface area contributed by atoms with Gasteiger partial charge in [0.2, 0.25) is 0 Å². The van der Waals surface area contributed by atoms with Crippen LogP contribution in [0, 0.1) is 0 Å². The van der Waals surface area contributed by atoms with E-state index < -0.39 is 19.1 Å². The molecule has 0 amide bonds. The molecule has 0 unspecified atom stereocenters. The number of hydrogen-bond acceptors (Lipinski definition) is 8. The number of aromatic nitrogens is 4. The second-order valence-corrected chi connectivity index (χ2v) is 6.61. The third-order valence-electron chi connectivity index (χ3n) is 4.04. The van der Waals surface area contributed by atoms with Gasteiger partial charge in [-0.15, -0.1) is 0 Å². The molecule has 39 heavy (non-hydrogen) atoms. The Bertz CT molecular complexity index is 1360.